The summed E-state index contributed by atoms with van der Waals surface area (Å²) in [5.74, 6) is -0.437. The number of fused-ring (bicyclic) bond motifs is 1. The molecule has 0 amide bonds. The minimum absolute atomic E-state index is 0. The number of methoxy groups -OCH3 is 1. The van der Waals surface area contributed by atoms with Gasteiger partial charge in [0.2, 0.25) is 0 Å². The van der Waals surface area contributed by atoms with Crippen molar-refractivity contribution >= 4 is 29.1 Å². The molecule has 0 aliphatic rings. The van der Waals surface area contributed by atoms with Crippen LogP contribution in [0.4, 0.5) is 0 Å². The standard InChI is InChI=1S/C14H15NO2.ClH/c1-14(15,13(16)17-2)12-8-7-10-5-3-4-6-11(10)9-12;/h3-9H,15H2,1-2H3;1H. The molecule has 2 aromatic rings. The number of carbonyl (C=O) groups excluding carboxylic acids is 1. The highest BCUT2D eigenvalue weighted by molar-refractivity contribution is 5.87. The van der Waals surface area contributed by atoms with E-state index in [-0.39, 0.29) is 12.4 Å². The molecule has 0 aliphatic carbocycles. The van der Waals surface area contributed by atoms with Crippen molar-refractivity contribution in [3.05, 3.63) is 48.0 Å². The molecule has 0 aliphatic heterocycles. The average Bonchev–Trinajstić information content (AvgIpc) is 2.37. The summed E-state index contributed by atoms with van der Waals surface area (Å²) in [6, 6.07) is 13.7. The Bertz CT molecular complexity index is 566. The van der Waals surface area contributed by atoms with E-state index in [2.05, 4.69) is 0 Å². The molecule has 3 nitrogen and oxygen atoms in total. The van der Waals surface area contributed by atoms with E-state index in [1.165, 1.54) is 7.11 Å². The van der Waals surface area contributed by atoms with Crippen molar-refractivity contribution in [3.8, 4) is 0 Å². The largest absolute Gasteiger partial charge is 0.467 e. The number of ether oxygens (including phenoxy) is 1. The van der Waals surface area contributed by atoms with Gasteiger partial charge < -0.3 is 10.5 Å². The number of esters is 1. The number of carbonyl (C=O) groups is 1. The van der Waals surface area contributed by atoms with E-state index in [0.29, 0.717) is 0 Å². The SMILES string of the molecule is COC(=O)C(C)(N)c1ccc2ccccc2c1.Cl. The van der Waals surface area contributed by atoms with E-state index in [1.807, 2.05) is 42.5 Å². The quantitative estimate of drug-likeness (QED) is 0.850. The van der Waals surface area contributed by atoms with Crippen LogP contribution in [0.15, 0.2) is 42.5 Å². The lowest BCUT2D eigenvalue weighted by molar-refractivity contribution is -0.146. The predicted octanol–water partition coefficient (Wildman–Crippen LogP) is 2.61. The Hall–Kier alpha value is -1.58. The third kappa shape index (κ3) is 2.47. The average molecular weight is 266 g/mol. The minimum atomic E-state index is -1.11. The van der Waals surface area contributed by atoms with Crippen LogP contribution in [0, 0.1) is 0 Å². The maximum atomic E-state index is 11.6. The van der Waals surface area contributed by atoms with Gasteiger partial charge in [-0.3, -0.25) is 0 Å². The number of nitrogens with two attached hydrogens (primary N) is 1. The van der Waals surface area contributed by atoms with Gasteiger partial charge in [0.25, 0.3) is 0 Å². The van der Waals surface area contributed by atoms with Crippen molar-refractivity contribution in [1.29, 1.82) is 0 Å². The van der Waals surface area contributed by atoms with Gasteiger partial charge in [-0.2, -0.15) is 0 Å². The molecule has 0 spiro atoms. The first-order chi connectivity index (χ1) is 8.05. The maximum absolute atomic E-state index is 11.6. The van der Waals surface area contributed by atoms with Crippen LogP contribution in [-0.4, -0.2) is 13.1 Å². The Balaban J connectivity index is 0.00000162. The molecule has 0 aromatic heterocycles. The molecule has 2 rings (SSSR count). The molecule has 1 atom stereocenters. The maximum Gasteiger partial charge on any atom is 0.330 e. The van der Waals surface area contributed by atoms with Gasteiger partial charge in [0, 0.05) is 0 Å². The topological polar surface area (TPSA) is 52.3 Å². The highest BCUT2D eigenvalue weighted by Crippen LogP contribution is 2.24. The summed E-state index contributed by atoms with van der Waals surface area (Å²) in [7, 11) is 1.34. The van der Waals surface area contributed by atoms with Gasteiger partial charge in [-0.25, -0.2) is 4.79 Å². The summed E-state index contributed by atoms with van der Waals surface area (Å²) in [5, 5.41) is 2.18. The molecule has 0 bridgehead atoms. The summed E-state index contributed by atoms with van der Waals surface area (Å²) in [4.78, 5) is 11.6. The van der Waals surface area contributed by atoms with E-state index < -0.39 is 11.5 Å². The van der Waals surface area contributed by atoms with Crippen LogP contribution in [0.2, 0.25) is 0 Å². The number of rotatable bonds is 2. The Labute approximate surface area is 112 Å². The first kappa shape index (κ1) is 14.5. The van der Waals surface area contributed by atoms with Gasteiger partial charge >= 0.3 is 5.97 Å². The Morgan fingerprint density at radius 3 is 2.39 bits per heavy atom. The molecule has 2 N–H and O–H groups in total. The lowest BCUT2D eigenvalue weighted by Crippen LogP contribution is -2.42. The first-order valence-corrected chi connectivity index (χ1v) is 5.42. The van der Waals surface area contributed by atoms with Crippen molar-refractivity contribution in [3.63, 3.8) is 0 Å². The molecule has 4 heteroatoms. The second-order valence-electron chi connectivity index (χ2n) is 4.26. The van der Waals surface area contributed by atoms with Crippen LogP contribution in [0.5, 0.6) is 0 Å². The molecule has 1 unspecified atom stereocenters. The van der Waals surface area contributed by atoms with Crippen molar-refractivity contribution in [2.45, 2.75) is 12.5 Å². The van der Waals surface area contributed by atoms with Crippen LogP contribution in [0.3, 0.4) is 0 Å². The molecule has 0 saturated heterocycles. The molecule has 0 radical (unpaired) electrons. The van der Waals surface area contributed by atoms with E-state index in [1.54, 1.807) is 6.92 Å². The third-order valence-electron chi connectivity index (χ3n) is 2.96. The van der Waals surface area contributed by atoms with Crippen molar-refractivity contribution < 1.29 is 9.53 Å². The monoisotopic (exact) mass is 265 g/mol. The summed E-state index contributed by atoms with van der Waals surface area (Å²) in [5.41, 5.74) is 5.65. The number of hydrogen-bond donors (Lipinski definition) is 1. The zero-order chi connectivity index (χ0) is 12.5. The first-order valence-electron chi connectivity index (χ1n) is 5.42. The fourth-order valence-electron chi connectivity index (χ4n) is 1.84. The highest BCUT2D eigenvalue weighted by Gasteiger charge is 2.31. The predicted molar refractivity (Wildman–Crippen MR) is 74.8 cm³/mol. The summed E-state index contributed by atoms with van der Waals surface area (Å²) in [6.45, 7) is 1.66. The van der Waals surface area contributed by atoms with Crippen LogP contribution in [0.1, 0.15) is 12.5 Å². The van der Waals surface area contributed by atoms with Gasteiger partial charge in [-0.15, -0.1) is 12.4 Å². The van der Waals surface area contributed by atoms with Crippen LogP contribution in [-0.2, 0) is 15.1 Å². The van der Waals surface area contributed by atoms with Crippen molar-refractivity contribution in [2.24, 2.45) is 5.73 Å². The van der Waals surface area contributed by atoms with Gasteiger partial charge in [-0.1, -0.05) is 36.4 Å². The minimum Gasteiger partial charge on any atom is -0.467 e. The smallest absolute Gasteiger partial charge is 0.330 e. The lowest BCUT2D eigenvalue weighted by Gasteiger charge is -2.22. The summed E-state index contributed by atoms with van der Waals surface area (Å²) in [6.07, 6.45) is 0. The molecular weight excluding hydrogens is 250 g/mol. The molecular formula is C14H16ClNO2. The van der Waals surface area contributed by atoms with Crippen LogP contribution in [0.25, 0.3) is 10.8 Å². The number of halogens is 1. The second kappa shape index (κ2) is 5.38. The Kier molecular flexibility index (Phi) is 4.33. The van der Waals surface area contributed by atoms with E-state index in [9.17, 15) is 4.79 Å². The molecule has 0 heterocycles. The lowest BCUT2D eigenvalue weighted by atomic mass is 9.91. The van der Waals surface area contributed by atoms with Gasteiger partial charge in [0.05, 0.1) is 7.11 Å². The summed E-state index contributed by atoms with van der Waals surface area (Å²) >= 11 is 0. The van der Waals surface area contributed by atoms with E-state index >= 15 is 0 Å². The highest BCUT2D eigenvalue weighted by atomic mass is 35.5. The van der Waals surface area contributed by atoms with Gasteiger partial charge in [-0.05, 0) is 29.3 Å². The Morgan fingerprint density at radius 1 is 1.17 bits per heavy atom. The normalized spacial score (nSPS) is 13.5. The zero-order valence-corrected chi connectivity index (χ0v) is 11.2. The molecule has 2 aromatic carbocycles. The molecule has 18 heavy (non-hydrogen) atoms. The molecule has 0 fully saturated rings. The Morgan fingerprint density at radius 2 is 1.78 bits per heavy atom. The van der Waals surface area contributed by atoms with Crippen LogP contribution < -0.4 is 5.73 Å². The van der Waals surface area contributed by atoms with Crippen molar-refractivity contribution in [1.82, 2.24) is 0 Å². The summed E-state index contributed by atoms with van der Waals surface area (Å²) < 4.78 is 4.72. The van der Waals surface area contributed by atoms with E-state index in [0.717, 1.165) is 16.3 Å². The van der Waals surface area contributed by atoms with Gasteiger partial charge in [0.1, 0.15) is 5.54 Å². The van der Waals surface area contributed by atoms with Crippen LogP contribution >= 0.6 is 12.4 Å². The number of hydrogen-bond acceptors (Lipinski definition) is 3. The second-order valence-corrected chi connectivity index (χ2v) is 4.26. The number of benzene rings is 2. The van der Waals surface area contributed by atoms with E-state index in [4.69, 9.17) is 10.5 Å². The van der Waals surface area contributed by atoms with Gasteiger partial charge in [0.15, 0.2) is 0 Å². The fourth-order valence-corrected chi connectivity index (χ4v) is 1.84. The van der Waals surface area contributed by atoms with Crippen molar-refractivity contribution in [2.75, 3.05) is 7.11 Å². The zero-order valence-electron chi connectivity index (χ0n) is 10.3. The molecule has 0 saturated carbocycles. The fraction of sp³-hybridized carbons (Fsp3) is 0.214. The molecule has 96 valence electrons. The third-order valence-corrected chi connectivity index (χ3v) is 2.96.